The van der Waals surface area contributed by atoms with Crippen LogP contribution in [-0.2, 0) is 14.4 Å². The van der Waals surface area contributed by atoms with Crippen LogP contribution >= 0.6 is 39.9 Å². The molecule has 0 spiro atoms. The molecule has 0 bridgehead atoms. The van der Waals surface area contributed by atoms with Crippen molar-refractivity contribution in [3.8, 4) is 0 Å². The highest BCUT2D eigenvalue weighted by Gasteiger charge is 2.32. The third-order valence-electron chi connectivity index (χ3n) is 2.71. The zero-order chi connectivity index (χ0) is 15.4. The van der Waals surface area contributed by atoms with Crippen LogP contribution in [0, 0.1) is 0 Å². The first-order chi connectivity index (χ1) is 9.99. The van der Waals surface area contributed by atoms with Gasteiger partial charge in [0.25, 0.3) is 0 Å². The lowest BCUT2D eigenvalue weighted by molar-refractivity contribution is -0.133. The summed E-state index contributed by atoms with van der Waals surface area (Å²) in [6.45, 7) is 0. The van der Waals surface area contributed by atoms with Gasteiger partial charge in [-0.15, -0.1) is 0 Å². The largest absolute Gasteiger partial charge is 0.324 e. The van der Waals surface area contributed by atoms with Crippen molar-refractivity contribution >= 4 is 67.6 Å². The average molecular weight is 387 g/mol. The van der Waals surface area contributed by atoms with E-state index >= 15 is 0 Å². The Balaban J connectivity index is 1.87. The molecule has 3 amide bonds. The highest BCUT2D eigenvalue weighted by molar-refractivity contribution is 9.10. The number of benzene rings is 1. The summed E-state index contributed by atoms with van der Waals surface area (Å²) in [5.74, 6) is -0.821. The van der Waals surface area contributed by atoms with Gasteiger partial charge in [0.15, 0.2) is 0 Å². The van der Waals surface area contributed by atoms with E-state index in [1.54, 1.807) is 12.1 Å². The lowest BCUT2D eigenvalue weighted by atomic mass is 10.3. The second-order valence-electron chi connectivity index (χ2n) is 4.21. The number of imide groups is 1. The average Bonchev–Trinajstić information content (AvgIpc) is 2.78. The van der Waals surface area contributed by atoms with Crippen LogP contribution in [0.15, 0.2) is 28.7 Å². The van der Waals surface area contributed by atoms with Gasteiger partial charge < -0.3 is 5.32 Å². The fraction of sp³-hybridized carbons (Fsp3) is 0.231. The van der Waals surface area contributed by atoms with Crippen LogP contribution in [0.3, 0.4) is 0 Å². The Hall–Kier alpha value is -1.25. The van der Waals surface area contributed by atoms with E-state index in [4.69, 9.17) is 12.2 Å². The first-order valence-corrected chi connectivity index (χ1v) is 8.24. The molecule has 5 nitrogen and oxygen atoms in total. The Morgan fingerprint density at radius 3 is 2.52 bits per heavy atom. The quantitative estimate of drug-likeness (QED) is 0.638. The van der Waals surface area contributed by atoms with Crippen LogP contribution in [0.2, 0.25) is 0 Å². The molecule has 2 rings (SSSR count). The Morgan fingerprint density at radius 2 is 1.90 bits per heavy atom. The van der Waals surface area contributed by atoms with Crippen LogP contribution in [-0.4, -0.2) is 32.7 Å². The molecule has 0 atom stereocenters. The molecule has 1 heterocycles. The summed E-state index contributed by atoms with van der Waals surface area (Å²) in [6.07, 6.45) is 0.366. The van der Waals surface area contributed by atoms with E-state index in [0.717, 1.165) is 21.1 Å². The third kappa shape index (κ3) is 4.12. The smallest absolute Gasteiger partial charge is 0.235 e. The van der Waals surface area contributed by atoms with Gasteiger partial charge in [-0.25, -0.2) is 4.90 Å². The SMILES string of the molecule is O=C(CSC(=S)N1C(=O)CCC1=O)Nc1ccccc1Br. The third-order valence-corrected chi connectivity index (χ3v) is 4.77. The number of nitrogens with zero attached hydrogens (tertiary/aromatic N) is 1. The second kappa shape index (κ2) is 7.15. The zero-order valence-corrected chi connectivity index (χ0v) is 14.0. The van der Waals surface area contributed by atoms with Gasteiger partial charge in [-0.2, -0.15) is 0 Å². The van der Waals surface area contributed by atoms with Crippen molar-refractivity contribution in [1.82, 2.24) is 4.90 Å². The second-order valence-corrected chi connectivity index (χ2v) is 6.67. The fourth-order valence-electron chi connectivity index (χ4n) is 1.72. The summed E-state index contributed by atoms with van der Waals surface area (Å²) in [6, 6.07) is 7.22. The fourth-order valence-corrected chi connectivity index (χ4v) is 3.14. The van der Waals surface area contributed by atoms with Crippen molar-refractivity contribution in [2.24, 2.45) is 0 Å². The number of amides is 3. The number of nitrogens with one attached hydrogen (secondary N) is 1. The number of carbonyl (C=O) groups is 3. The van der Waals surface area contributed by atoms with Gasteiger partial charge in [-0.1, -0.05) is 36.1 Å². The van der Waals surface area contributed by atoms with E-state index < -0.39 is 0 Å². The minimum absolute atomic E-state index is 0.0389. The molecule has 0 aliphatic carbocycles. The number of para-hydroxylation sites is 1. The molecule has 1 N–H and O–H groups in total. The van der Waals surface area contributed by atoms with Gasteiger partial charge in [0, 0.05) is 17.3 Å². The highest BCUT2D eigenvalue weighted by Crippen LogP contribution is 2.22. The molecule has 1 saturated heterocycles. The van der Waals surface area contributed by atoms with E-state index in [1.165, 1.54) is 0 Å². The number of hydrogen-bond acceptors (Lipinski definition) is 5. The minimum Gasteiger partial charge on any atom is -0.324 e. The maximum Gasteiger partial charge on any atom is 0.235 e. The predicted octanol–water partition coefficient (Wildman–Crippen LogP) is 2.55. The normalized spacial score (nSPS) is 14.4. The molecule has 0 aromatic heterocycles. The van der Waals surface area contributed by atoms with Crippen molar-refractivity contribution in [2.45, 2.75) is 12.8 Å². The molecule has 0 unspecified atom stereocenters. The molecule has 110 valence electrons. The number of rotatable bonds is 3. The van der Waals surface area contributed by atoms with E-state index in [0.29, 0.717) is 5.69 Å². The van der Waals surface area contributed by atoms with Gasteiger partial charge in [0.05, 0.1) is 11.4 Å². The lowest BCUT2D eigenvalue weighted by Crippen LogP contribution is -2.33. The maximum absolute atomic E-state index is 11.8. The molecule has 0 radical (unpaired) electrons. The number of anilines is 1. The molecule has 0 saturated carbocycles. The molecule has 1 aromatic rings. The van der Waals surface area contributed by atoms with Crippen LogP contribution in [0.5, 0.6) is 0 Å². The van der Waals surface area contributed by atoms with Crippen molar-refractivity contribution in [2.75, 3.05) is 11.1 Å². The number of thiocarbonyl (C=S) groups is 1. The summed E-state index contributed by atoms with van der Waals surface area (Å²) in [4.78, 5) is 35.8. The highest BCUT2D eigenvalue weighted by atomic mass is 79.9. The van der Waals surface area contributed by atoms with Gasteiger partial charge >= 0.3 is 0 Å². The van der Waals surface area contributed by atoms with Crippen LogP contribution in [0.4, 0.5) is 5.69 Å². The molecule has 21 heavy (non-hydrogen) atoms. The topological polar surface area (TPSA) is 66.5 Å². The lowest BCUT2D eigenvalue weighted by Gasteiger charge is -2.14. The van der Waals surface area contributed by atoms with Gasteiger partial charge in [0.2, 0.25) is 17.7 Å². The van der Waals surface area contributed by atoms with E-state index in [-0.39, 0.29) is 40.6 Å². The predicted molar refractivity (Wildman–Crippen MR) is 88.9 cm³/mol. The minimum atomic E-state index is -0.302. The maximum atomic E-state index is 11.8. The number of thioether (sulfide) groups is 1. The van der Waals surface area contributed by atoms with Crippen molar-refractivity contribution in [3.05, 3.63) is 28.7 Å². The molecular weight excluding hydrogens is 376 g/mol. The van der Waals surface area contributed by atoms with Gasteiger partial charge in [-0.05, 0) is 28.1 Å². The number of halogens is 1. The Bertz CT molecular complexity index is 605. The summed E-state index contributed by atoms with van der Waals surface area (Å²) in [7, 11) is 0. The van der Waals surface area contributed by atoms with Crippen molar-refractivity contribution < 1.29 is 14.4 Å². The molecular formula is C13H11BrN2O3S2. The molecule has 8 heteroatoms. The zero-order valence-electron chi connectivity index (χ0n) is 10.8. The standard InChI is InChI=1S/C13H11BrN2O3S2/c14-8-3-1-2-4-9(8)15-10(17)7-21-13(20)16-11(18)5-6-12(16)19/h1-4H,5-7H2,(H,15,17). The van der Waals surface area contributed by atoms with Crippen LogP contribution < -0.4 is 5.32 Å². The summed E-state index contributed by atoms with van der Waals surface area (Å²) in [5.41, 5.74) is 0.655. The first-order valence-electron chi connectivity index (χ1n) is 6.06. The summed E-state index contributed by atoms with van der Waals surface area (Å²) in [5, 5.41) is 2.72. The van der Waals surface area contributed by atoms with Crippen molar-refractivity contribution in [1.29, 1.82) is 0 Å². The van der Waals surface area contributed by atoms with Gasteiger partial charge in [-0.3, -0.25) is 14.4 Å². The summed E-state index contributed by atoms with van der Waals surface area (Å²) < 4.78 is 0.903. The van der Waals surface area contributed by atoms with E-state index in [2.05, 4.69) is 21.2 Å². The Labute approximate surface area is 139 Å². The van der Waals surface area contributed by atoms with Crippen LogP contribution in [0.25, 0.3) is 0 Å². The Kier molecular flexibility index (Phi) is 5.49. The summed E-state index contributed by atoms with van der Waals surface area (Å²) >= 11 is 9.37. The number of hydrogen-bond donors (Lipinski definition) is 1. The van der Waals surface area contributed by atoms with Crippen molar-refractivity contribution in [3.63, 3.8) is 0 Å². The number of carbonyl (C=O) groups excluding carboxylic acids is 3. The molecule has 1 fully saturated rings. The Morgan fingerprint density at radius 1 is 1.29 bits per heavy atom. The van der Waals surface area contributed by atoms with E-state index in [9.17, 15) is 14.4 Å². The van der Waals surface area contributed by atoms with Gasteiger partial charge in [0.1, 0.15) is 4.32 Å². The first kappa shape index (κ1) is 16.1. The van der Waals surface area contributed by atoms with E-state index in [1.807, 2.05) is 12.1 Å². The molecule has 1 aliphatic heterocycles. The number of likely N-dealkylation sites (tertiary alicyclic amines) is 1. The monoisotopic (exact) mass is 386 g/mol. The van der Waals surface area contributed by atoms with Crippen LogP contribution in [0.1, 0.15) is 12.8 Å². The molecule has 1 aromatic carbocycles. The molecule has 1 aliphatic rings.